The molecular weight excluding hydrogens is 809 g/mol. The minimum absolute atomic E-state index is 0.913. The summed E-state index contributed by atoms with van der Waals surface area (Å²) in [6.07, 6.45) is 0. The first-order valence-corrected chi connectivity index (χ1v) is 23.1. The summed E-state index contributed by atoms with van der Waals surface area (Å²) in [5.74, 6) is 0. The van der Waals surface area contributed by atoms with Gasteiger partial charge in [-0.15, -0.1) is 0 Å². The van der Waals surface area contributed by atoms with Crippen LogP contribution in [-0.2, 0) is 0 Å². The van der Waals surface area contributed by atoms with E-state index in [1.54, 1.807) is 0 Å². The lowest BCUT2D eigenvalue weighted by Crippen LogP contribution is -1.86. The Hall–Kier alpha value is -8.78. The van der Waals surface area contributed by atoms with E-state index >= 15 is 0 Å². The van der Waals surface area contributed by atoms with Gasteiger partial charge in [-0.3, -0.25) is 0 Å². The third-order valence-corrected chi connectivity index (χ3v) is 13.7. The molecule has 67 heavy (non-hydrogen) atoms. The van der Waals surface area contributed by atoms with E-state index in [9.17, 15) is 0 Å². The lowest BCUT2D eigenvalue weighted by Gasteiger charge is -2.13. The highest BCUT2D eigenvalue weighted by molar-refractivity contribution is 6.25. The Labute approximate surface area is 389 Å². The summed E-state index contributed by atoms with van der Waals surface area (Å²) in [5, 5.41) is 10.0. The maximum Gasteiger partial charge on any atom is 0.143 e. The second-order valence-corrected chi connectivity index (χ2v) is 17.6. The van der Waals surface area contributed by atoms with Gasteiger partial charge in [-0.25, -0.2) is 0 Å². The molecule has 1 heteroatoms. The fourth-order valence-electron chi connectivity index (χ4n) is 10.3. The van der Waals surface area contributed by atoms with E-state index in [2.05, 4.69) is 243 Å². The van der Waals surface area contributed by atoms with Crippen molar-refractivity contribution >= 4 is 54.3 Å². The fourth-order valence-corrected chi connectivity index (χ4v) is 10.3. The average molecular weight is 851 g/mol. The van der Waals surface area contributed by atoms with Gasteiger partial charge in [0.1, 0.15) is 11.2 Å². The second kappa shape index (κ2) is 16.0. The van der Waals surface area contributed by atoms with Crippen LogP contribution in [0.15, 0.2) is 259 Å². The first-order valence-electron chi connectivity index (χ1n) is 23.1. The first-order chi connectivity index (χ1) is 33.2. The van der Waals surface area contributed by atoms with Gasteiger partial charge in [0.2, 0.25) is 0 Å². The number of hydrogen-bond acceptors (Lipinski definition) is 1. The minimum Gasteiger partial charge on any atom is -0.455 e. The zero-order valence-electron chi connectivity index (χ0n) is 36.7. The predicted octanol–water partition coefficient (Wildman–Crippen LogP) is 18.7. The molecule has 0 radical (unpaired) electrons. The van der Waals surface area contributed by atoms with E-state index in [0.717, 1.165) is 33.1 Å². The van der Waals surface area contributed by atoms with Crippen LogP contribution in [-0.4, -0.2) is 0 Å². The second-order valence-electron chi connectivity index (χ2n) is 17.6. The molecule has 0 N–H and O–H groups in total. The molecule has 13 rings (SSSR count). The SMILES string of the molecule is c1cc(-c2ccc(-c3cccc(-c4cccc(-c5ccc6c7ccccc7c7ccccc7c6c5)c4)c3)cc2)cc(-c2cccc(-c3cccc(-c4cccc5c4oc4ccccc45)c3)c2)c1. The number of benzene rings is 12. The molecule has 0 unspecified atom stereocenters. The van der Waals surface area contributed by atoms with Gasteiger partial charge in [-0.05, 0) is 147 Å². The molecule has 312 valence electrons. The molecule has 0 fully saturated rings. The van der Waals surface area contributed by atoms with E-state index in [0.29, 0.717) is 0 Å². The van der Waals surface area contributed by atoms with Crippen LogP contribution in [0.2, 0.25) is 0 Å². The summed E-state index contributed by atoms with van der Waals surface area (Å²) in [7, 11) is 0. The molecule has 0 amide bonds. The van der Waals surface area contributed by atoms with Crippen molar-refractivity contribution in [2.24, 2.45) is 0 Å². The van der Waals surface area contributed by atoms with Crippen LogP contribution in [0.1, 0.15) is 0 Å². The van der Waals surface area contributed by atoms with E-state index in [1.807, 2.05) is 12.1 Å². The van der Waals surface area contributed by atoms with Crippen LogP contribution in [0.4, 0.5) is 0 Å². The summed E-state index contributed by atoms with van der Waals surface area (Å²) in [6.45, 7) is 0. The standard InChI is InChI=1S/C66H42O/c1-2-25-59-57(23-1)58-24-3-4-26-60(58)64-42-54(35-36-61(59)64)52-20-10-18-50(40-52)48-16-8-14-46(38-48)44-33-31-43(32-34-44)45-13-7-15-47(37-45)49-17-9-19-51(39-49)53-21-11-22-55(41-53)56-28-12-29-63-62-27-5-6-30-65(62)67-66(56)63/h1-42H. The molecule has 1 heterocycles. The van der Waals surface area contributed by atoms with Crippen LogP contribution in [0.25, 0.3) is 132 Å². The van der Waals surface area contributed by atoms with Crippen molar-refractivity contribution in [2.75, 3.05) is 0 Å². The molecule has 0 saturated heterocycles. The van der Waals surface area contributed by atoms with Gasteiger partial charge in [-0.1, -0.05) is 212 Å². The van der Waals surface area contributed by atoms with Gasteiger partial charge in [0, 0.05) is 16.3 Å². The summed E-state index contributed by atoms with van der Waals surface area (Å²) >= 11 is 0. The maximum absolute atomic E-state index is 6.40. The van der Waals surface area contributed by atoms with Crippen LogP contribution in [0, 0.1) is 0 Å². The Bertz CT molecular complexity index is 4000. The highest BCUT2D eigenvalue weighted by atomic mass is 16.3. The number of hydrogen-bond donors (Lipinski definition) is 0. The van der Waals surface area contributed by atoms with Crippen molar-refractivity contribution in [3.8, 4) is 77.9 Å². The molecule has 0 atom stereocenters. The lowest BCUT2D eigenvalue weighted by molar-refractivity contribution is 0.670. The molecule has 1 nitrogen and oxygen atoms in total. The third-order valence-electron chi connectivity index (χ3n) is 13.7. The van der Waals surface area contributed by atoms with Crippen molar-refractivity contribution in [3.63, 3.8) is 0 Å². The van der Waals surface area contributed by atoms with Gasteiger partial charge < -0.3 is 4.42 Å². The summed E-state index contributed by atoms with van der Waals surface area (Å²) in [4.78, 5) is 0. The Morgan fingerprint density at radius 3 is 0.970 bits per heavy atom. The Morgan fingerprint density at radius 2 is 0.493 bits per heavy atom. The summed E-state index contributed by atoms with van der Waals surface area (Å²) < 4.78 is 6.40. The van der Waals surface area contributed by atoms with Gasteiger partial charge in [0.25, 0.3) is 0 Å². The van der Waals surface area contributed by atoms with Gasteiger partial charge >= 0.3 is 0 Å². The molecule has 13 aromatic rings. The van der Waals surface area contributed by atoms with Gasteiger partial charge in [0.15, 0.2) is 0 Å². The van der Waals surface area contributed by atoms with E-state index in [-0.39, 0.29) is 0 Å². The largest absolute Gasteiger partial charge is 0.455 e. The first kappa shape index (κ1) is 38.7. The number of fused-ring (bicyclic) bond motifs is 9. The maximum atomic E-state index is 6.40. The van der Waals surface area contributed by atoms with Crippen molar-refractivity contribution in [1.82, 2.24) is 0 Å². The third kappa shape index (κ3) is 6.88. The van der Waals surface area contributed by atoms with Crippen molar-refractivity contribution in [2.45, 2.75) is 0 Å². The number of rotatable bonds is 7. The quantitative estimate of drug-likeness (QED) is 0.146. The van der Waals surface area contributed by atoms with Gasteiger partial charge in [0.05, 0.1) is 0 Å². The van der Waals surface area contributed by atoms with Crippen LogP contribution >= 0.6 is 0 Å². The normalized spacial score (nSPS) is 11.6. The minimum atomic E-state index is 0.913. The predicted molar refractivity (Wildman–Crippen MR) is 284 cm³/mol. The highest BCUT2D eigenvalue weighted by Gasteiger charge is 2.14. The Balaban J connectivity index is 0.764. The number of para-hydroxylation sites is 2. The Morgan fingerprint density at radius 1 is 0.179 bits per heavy atom. The molecule has 0 spiro atoms. The lowest BCUT2D eigenvalue weighted by atomic mass is 9.91. The molecule has 1 aromatic heterocycles. The van der Waals surface area contributed by atoms with Gasteiger partial charge in [-0.2, -0.15) is 0 Å². The smallest absolute Gasteiger partial charge is 0.143 e. The van der Waals surface area contributed by atoms with E-state index in [4.69, 9.17) is 4.42 Å². The monoisotopic (exact) mass is 850 g/mol. The molecule has 0 bridgehead atoms. The molecule has 12 aromatic carbocycles. The van der Waals surface area contributed by atoms with Crippen molar-refractivity contribution in [3.05, 3.63) is 255 Å². The average Bonchev–Trinajstić information content (AvgIpc) is 3.80. The highest BCUT2D eigenvalue weighted by Crippen LogP contribution is 2.40. The zero-order valence-corrected chi connectivity index (χ0v) is 36.7. The summed E-state index contributed by atoms with van der Waals surface area (Å²) in [6, 6.07) is 92.7. The number of furan rings is 1. The topological polar surface area (TPSA) is 13.1 Å². The fraction of sp³-hybridized carbons (Fsp3) is 0. The van der Waals surface area contributed by atoms with Crippen molar-refractivity contribution in [1.29, 1.82) is 0 Å². The van der Waals surface area contributed by atoms with E-state index in [1.165, 1.54) is 99.1 Å². The summed E-state index contributed by atoms with van der Waals surface area (Å²) in [5.41, 5.74) is 18.4. The van der Waals surface area contributed by atoms with Crippen molar-refractivity contribution < 1.29 is 4.42 Å². The molecule has 0 aliphatic carbocycles. The molecule has 0 aliphatic rings. The molecule has 0 aliphatic heterocycles. The molecular formula is C66H42O. The van der Waals surface area contributed by atoms with Crippen LogP contribution < -0.4 is 0 Å². The van der Waals surface area contributed by atoms with Crippen LogP contribution in [0.5, 0.6) is 0 Å². The zero-order chi connectivity index (χ0) is 44.3. The van der Waals surface area contributed by atoms with E-state index < -0.39 is 0 Å². The van der Waals surface area contributed by atoms with Crippen LogP contribution in [0.3, 0.4) is 0 Å². The Kier molecular flexibility index (Phi) is 9.25. The molecule has 0 saturated carbocycles.